The molecule has 2 heterocycles. The Kier molecular flexibility index (Phi) is 4.38. The van der Waals surface area contributed by atoms with E-state index in [1.54, 1.807) is 18.1 Å². The SMILES string of the molecule is CC(C)SCc1noc(-c2cn(CCN)cn2)n1. The van der Waals surface area contributed by atoms with Gasteiger partial charge in [-0.2, -0.15) is 16.7 Å². The molecule has 98 valence electrons. The number of nitrogens with zero attached hydrogens (tertiary/aromatic N) is 4. The Hall–Kier alpha value is -1.34. The standard InChI is InChI=1S/C11H17N5OS/c1-8(2)18-6-10-14-11(17-15-10)9-5-16(4-3-12)7-13-9/h5,7-8H,3-4,6,12H2,1-2H3. The summed E-state index contributed by atoms with van der Waals surface area (Å²) in [5, 5.41) is 4.49. The molecule has 2 aromatic heterocycles. The lowest BCUT2D eigenvalue weighted by Crippen LogP contribution is -2.07. The van der Waals surface area contributed by atoms with E-state index in [0.29, 0.717) is 29.2 Å². The minimum atomic E-state index is 0.463. The van der Waals surface area contributed by atoms with Gasteiger partial charge in [0.05, 0.1) is 12.1 Å². The van der Waals surface area contributed by atoms with Crippen molar-refractivity contribution >= 4 is 11.8 Å². The first-order valence-electron chi connectivity index (χ1n) is 5.85. The zero-order chi connectivity index (χ0) is 13.0. The minimum absolute atomic E-state index is 0.463. The highest BCUT2D eigenvalue weighted by atomic mass is 32.2. The second-order valence-corrected chi connectivity index (χ2v) is 5.73. The second kappa shape index (κ2) is 6.01. The fraction of sp³-hybridized carbons (Fsp3) is 0.545. The van der Waals surface area contributed by atoms with Crippen molar-refractivity contribution in [3.05, 3.63) is 18.3 Å². The summed E-state index contributed by atoms with van der Waals surface area (Å²) in [5.74, 6) is 1.92. The van der Waals surface area contributed by atoms with Crippen LogP contribution in [0.5, 0.6) is 0 Å². The van der Waals surface area contributed by atoms with Crippen LogP contribution in [0.2, 0.25) is 0 Å². The van der Waals surface area contributed by atoms with E-state index in [4.69, 9.17) is 10.3 Å². The van der Waals surface area contributed by atoms with Crippen molar-refractivity contribution < 1.29 is 4.52 Å². The molecule has 2 N–H and O–H groups in total. The lowest BCUT2D eigenvalue weighted by atomic mass is 10.5. The zero-order valence-electron chi connectivity index (χ0n) is 10.5. The van der Waals surface area contributed by atoms with Crippen LogP contribution in [0.4, 0.5) is 0 Å². The number of hydrogen-bond donors (Lipinski definition) is 1. The van der Waals surface area contributed by atoms with Gasteiger partial charge in [0.2, 0.25) is 0 Å². The van der Waals surface area contributed by atoms with Gasteiger partial charge < -0.3 is 14.8 Å². The highest BCUT2D eigenvalue weighted by molar-refractivity contribution is 7.99. The van der Waals surface area contributed by atoms with Crippen molar-refractivity contribution in [2.24, 2.45) is 5.73 Å². The number of hydrogen-bond acceptors (Lipinski definition) is 6. The Bertz CT molecular complexity index is 493. The Morgan fingerprint density at radius 1 is 1.50 bits per heavy atom. The molecule has 6 nitrogen and oxygen atoms in total. The van der Waals surface area contributed by atoms with E-state index in [0.717, 1.165) is 12.3 Å². The van der Waals surface area contributed by atoms with Gasteiger partial charge in [0, 0.05) is 19.3 Å². The largest absolute Gasteiger partial charge is 0.335 e. The highest BCUT2D eigenvalue weighted by Crippen LogP contribution is 2.18. The van der Waals surface area contributed by atoms with Crippen molar-refractivity contribution in [2.45, 2.75) is 31.4 Å². The first-order chi connectivity index (χ1) is 8.69. The molecule has 0 fully saturated rings. The molecule has 0 aliphatic heterocycles. The molecule has 2 aromatic rings. The van der Waals surface area contributed by atoms with Crippen LogP contribution in [0, 0.1) is 0 Å². The summed E-state index contributed by atoms with van der Waals surface area (Å²) in [6, 6.07) is 0. The predicted molar refractivity (Wildman–Crippen MR) is 71.0 cm³/mol. The molecule has 0 radical (unpaired) electrons. The van der Waals surface area contributed by atoms with Gasteiger partial charge in [-0.15, -0.1) is 0 Å². The maximum Gasteiger partial charge on any atom is 0.278 e. The maximum absolute atomic E-state index is 5.48. The van der Waals surface area contributed by atoms with Crippen molar-refractivity contribution in [3.8, 4) is 11.6 Å². The van der Waals surface area contributed by atoms with Gasteiger partial charge >= 0.3 is 0 Å². The van der Waals surface area contributed by atoms with Crippen LogP contribution in [0.3, 0.4) is 0 Å². The predicted octanol–water partition coefficient (Wildman–Crippen LogP) is 1.53. The quantitative estimate of drug-likeness (QED) is 0.854. The molecule has 0 spiro atoms. The third-order valence-electron chi connectivity index (χ3n) is 2.25. The van der Waals surface area contributed by atoms with Gasteiger partial charge in [-0.1, -0.05) is 19.0 Å². The van der Waals surface area contributed by atoms with E-state index in [2.05, 4.69) is 29.0 Å². The molecule has 0 saturated heterocycles. The monoisotopic (exact) mass is 267 g/mol. The Balaban J connectivity index is 2.04. The molecule has 0 saturated carbocycles. The number of nitrogens with two attached hydrogens (primary N) is 1. The van der Waals surface area contributed by atoms with Crippen molar-refractivity contribution in [1.29, 1.82) is 0 Å². The van der Waals surface area contributed by atoms with Crippen molar-refractivity contribution in [3.63, 3.8) is 0 Å². The Morgan fingerprint density at radius 3 is 3.06 bits per heavy atom. The van der Waals surface area contributed by atoms with Gasteiger partial charge in [-0.05, 0) is 5.25 Å². The van der Waals surface area contributed by atoms with E-state index >= 15 is 0 Å². The molecule has 0 aromatic carbocycles. The van der Waals surface area contributed by atoms with E-state index in [-0.39, 0.29) is 0 Å². The highest BCUT2D eigenvalue weighted by Gasteiger charge is 2.11. The number of imidazole rings is 1. The molecular formula is C11H17N5OS. The van der Waals surface area contributed by atoms with Crippen molar-refractivity contribution in [1.82, 2.24) is 19.7 Å². The fourth-order valence-electron chi connectivity index (χ4n) is 1.40. The molecule has 18 heavy (non-hydrogen) atoms. The van der Waals surface area contributed by atoms with E-state index < -0.39 is 0 Å². The Labute approximate surface area is 110 Å². The first kappa shape index (κ1) is 13.1. The average molecular weight is 267 g/mol. The lowest BCUT2D eigenvalue weighted by molar-refractivity contribution is 0.424. The fourth-order valence-corrected chi connectivity index (χ4v) is 2.00. The molecule has 0 bridgehead atoms. The summed E-state index contributed by atoms with van der Waals surface area (Å²) < 4.78 is 7.10. The van der Waals surface area contributed by atoms with E-state index in [9.17, 15) is 0 Å². The number of aromatic nitrogens is 4. The molecule has 0 aliphatic carbocycles. The average Bonchev–Trinajstić information content (AvgIpc) is 2.94. The van der Waals surface area contributed by atoms with Crippen LogP contribution < -0.4 is 5.73 Å². The molecular weight excluding hydrogens is 250 g/mol. The number of rotatable bonds is 6. The maximum atomic E-state index is 5.48. The second-order valence-electron chi connectivity index (χ2n) is 4.16. The summed E-state index contributed by atoms with van der Waals surface area (Å²) in [5.41, 5.74) is 6.17. The van der Waals surface area contributed by atoms with Crippen LogP contribution >= 0.6 is 11.8 Å². The normalized spacial score (nSPS) is 11.3. The van der Waals surface area contributed by atoms with E-state index in [1.165, 1.54) is 0 Å². The summed E-state index contributed by atoms with van der Waals surface area (Å²) in [7, 11) is 0. The Morgan fingerprint density at radius 2 is 2.33 bits per heavy atom. The molecule has 7 heteroatoms. The van der Waals surface area contributed by atoms with Crippen molar-refractivity contribution in [2.75, 3.05) is 6.54 Å². The minimum Gasteiger partial charge on any atom is -0.335 e. The van der Waals surface area contributed by atoms with E-state index in [1.807, 2.05) is 10.8 Å². The van der Waals surface area contributed by atoms with Gasteiger partial charge in [-0.25, -0.2) is 4.98 Å². The molecule has 0 amide bonds. The van der Waals surface area contributed by atoms with Crippen LogP contribution in [-0.2, 0) is 12.3 Å². The smallest absolute Gasteiger partial charge is 0.278 e. The van der Waals surface area contributed by atoms with Crippen LogP contribution in [0.15, 0.2) is 17.0 Å². The molecule has 0 aliphatic rings. The number of thioether (sulfide) groups is 1. The summed E-state index contributed by atoms with van der Waals surface area (Å²) in [4.78, 5) is 8.54. The van der Waals surface area contributed by atoms with Gasteiger partial charge in [0.25, 0.3) is 5.89 Å². The zero-order valence-corrected chi connectivity index (χ0v) is 11.4. The van der Waals surface area contributed by atoms with Crippen LogP contribution in [0.25, 0.3) is 11.6 Å². The van der Waals surface area contributed by atoms with Gasteiger partial charge in [-0.3, -0.25) is 0 Å². The first-order valence-corrected chi connectivity index (χ1v) is 6.90. The topological polar surface area (TPSA) is 82.8 Å². The molecule has 0 unspecified atom stereocenters. The van der Waals surface area contributed by atoms with Gasteiger partial charge in [0.15, 0.2) is 5.82 Å². The van der Waals surface area contributed by atoms with Crippen LogP contribution in [0.1, 0.15) is 19.7 Å². The van der Waals surface area contributed by atoms with Crippen LogP contribution in [-0.4, -0.2) is 31.5 Å². The lowest BCUT2D eigenvalue weighted by Gasteiger charge is -1.98. The molecule has 2 rings (SSSR count). The third-order valence-corrected chi connectivity index (χ3v) is 3.35. The van der Waals surface area contributed by atoms with Gasteiger partial charge in [0.1, 0.15) is 5.69 Å². The summed E-state index contributed by atoms with van der Waals surface area (Å²) >= 11 is 1.78. The molecule has 0 atom stereocenters. The summed E-state index contributed by atoms with van der Waals surface area (Å²) in [6.45, 7) is 5.59. The summed E-state index contributed by atoms with van der Waals surface area (Å²) in [6.07, 6.45) is 3.58. The third kappa shape index (κ3) is 3.33.